The van der Waals surface area contributed by atoms with Crippen molar-refractivity contribution in [3.63, 3.8) is 0 Å². The molecule has 16 heavy (non-hydrogen) atoms. The van der Waals surface area contributed by atoms with Gasteiger partial charge in [-0.05, 0) is 37.3 Å². The Morgan fingerprint density at radius 1 is 1.50 bits per heavy atom. The first-order valence-corrected chi connectivity index (χ1v) is 5.60. The SMILES string of the molecule is NC1(CCc2ccc(Cl)c([N+](=O)[O-])c2)CC1. The maximum atomic E-state index is 10.7. The molecule has 1 aliphatic rings. The van der Waals surface area contributed by atoms with Gasteiger partial charge in [-0.2, -0.15) is 0 Å². The molecule has 1 aliphatic carbocycles. The van der Waals surface area contributed by atoms with Gasteiger partial charge in [-0.3, -0.25) is 10.1 Å². The van der Waals surface area contributed by atoms with E-state index in [0.717, 1.165) is 31.2 Å². The van der Waals surface area contributed by atoms with Gasteiger partial charge >= 0.3 is 0 Å². The molecule has 0 aromatic heterocycles. The summed E-state index contributed by atoms with van der Waals surface area (Å²) in [6, 6.07) is 4.93. The molecule has 0 amide bonds. The summed E-state index contributed by atoms with van der Waals surface area (Å²) in [5.74, 6) is 0. The molecule has 0 heterocycles. The molecule has 1 aromatic carbocycles. The van der Waals surface area contributed by atoms with Crippen LogP contribution in [0.5, 0.6) is 0 Å². The van der Waals surface area contributed by atoms with Crippen LogP contribution in [0.1, 0.15) is 24.8 Å². The first kappa shape index (κ1) is 11.4. The van der Waals surface area contributed by atoms with Crippen LogP contribution in [0.25, 0.3) is 0 Å². The maximum absolute atomic E-state index is 10.7. The highest BCUT2D eigenvalue weighted by Gasteiger charge is 2.37. The van der Waals surface area contributed by atoms with Crippen molar-refractivity contribution in [3.8, 4) is 0 Å². The maximum Gasteiger partial charge on any atom is 0.288 e. The van der Waals surface area contributed by atoms with Gasteiger partial charge in [-0.25, -0.2) is 0 Å². The second-order valence-corrected chi connectivity index (χ2v) is 4.81. The van der Waals surface area contributed by atoms with Crippen LogP contribution in [-0.2, 0) is 6.42 Å². The van der Waals surface area contributed by atoms with Crippen molar-refractivity contribution in [2.45, 2.75) is 31.2 Å². The predicted octanol–water partition coefficient (Wildman–Crippen LogP) is 2.67. The van der Waals surface area contributed by atoms with Crippen LogP contribution in [0.3, 0.4) is 0 Å². The number of nitro benzene ring substituents is 1. The van der Waals surface area contributed by atoms with Crippen molar-refractivity contribution in [1.29, 1.82) is 0 Å². The quantitative estimate of drug-likeness (QED) is 0.650. The molecule has 2 N–H and O–H groups in total. The molecule has 0 unspecified atom stereocenters. The third-order valence-electron chi connectivity index (χ3n) is 3.01. The summed E-state index contributed by atoms with van der Waals surface area (Å²) in [6.07, 6.45) is 3.77. The standard InChI is InChI=1S/C11H13ClN2O2/c12-9-2-1-8(7-10(9)14(15)16)3-4-11(13)5-6-11/h1-2,7H,3-6,13H2. The fourth-order valence-electron chi connectivity index (χ4n) is 1.66. The number of hydrogen-bond acceptors (Lipinski definition) is 3. The Bertz CT molecular complexity index is 430. The lowest BCUT2D eigenvalue weighted by Gasteiger charge is -2.08. The zero-order chi connectivity index (χ0) is 11.8. The molecule has 0 saturated heterocycles. The van der Waals surface area contributed by atoms with Crippen LogP contribution in [0, 0.1) is 10.1 Å². The molecule has 0 aliphatic heterocycles. The van der Waals surface area contributed by atoms with E-state index < -0.39 is 4.92 Å². The van der Waals surface area contributed by atoms with Gasteiger partial charge in [0, 0.05) is 11.6 Å². The number of benzene rings is 1. The van der Waals surface area contributed by atoms with E-state index in [1.807, 2.05) is 6.07 Å². The van der Waals surface area contributed by atoms with E-state index in [9.17, 15) is 10.1 Å². The van der Waals surface area contributed by atoms with Crippen LogP contribution in [0.4, 0.5) is 5.69 Å². The Morgan fingerprint density at radius 2 is 2.19 bits per heavy atom. The predicted molar refractivity (Wildman–Crippen MR) is 62.6 cm³/mol. The van der Waals surface area contributed by atoms with Crippen LogP contribution in [-0.4, -0.2) is 10.5 Å². The van der Waals surface area contributed by atoms with Crippen LogP contribution in [0.2, 0.25) is 5.02 Å². The molecule has 1 fully saturated rings. The van der Waals surface area contributed by atoms with Gasteiger partial charge in [-0.1, -0.05) is 17.7 Å². The minimum atomic E-state index is -0.457. The van der Waals surface area contributed by atoms with Gasteiger partial charge in [0.2, 0.25) is 0 Å². The summed E-state index contributed by atoms with van der Waals surface area (Å²) < 4.78 is 0. The number of halogens is 1. The summed E-state index contributed by atoms with van der Waals surface area (Å²) in [4.78, 5) is 10.2. The minimum Gasteiger partial charge on any atom is -0.325 e. The molecule has 1 aromatic rings. The van der Waals surface area contributed by atoms with Gasteiger partial charge in [0.05, 0.1) is 4.92 Å². The molecule has 0 bridgehead atoms. The van der Waals surface area contributed by atoms with Crippen LogP contribution < -0.4 is 5.73 Å². The molecule has 0 atom stereocenters. The normalized spacial score (nSPS) is 17.1. The highest BCUT2D eigenvalue weighted by molar-refractivity contribution is 6.32. The van der Waals surface area contributed by atoms with Crippen molar-refractivity contribution >= 4 is 17.3 Å². The highest BCUT2D eigenvalue weighted by Crippen LogP contribution is 2.37. The van der Waals surface area contributed by atoms with Gasteiger partial charge in [0.1, 0.15) is 5.02 Å². The number of nitro groups is 1. The van der Waals surface area contributed by atoms with Crippen LogP contribution in [0.15, 0.2) is 18.2 Å². The molecule has 0 spiro atoms. The van der Waals surface area contributed by atoms with Crippen molar-refractivity contribution in [3.05, 3.63) is 38.9 Å². The fraction of sp³-hybridized carbons (Fsp3) is 0.455. The Balaban J connectivity index is 2.09. The van der Waals surface area contributed by atoms with E-state index in [0.29, 0.717) is 0 Å². The summed E-state index contributed by atoms with van der Waals surface area (Å²) in [6.45, 7) is 0. The average molecular weight is 241 g/mol. The molecule has 1 saturated carbocycles. The zero-order valence-electron chi connectivity index (χ0n) is 8.78. The highest BCUT2D eigenvalue weighted by atomic mass is 35.5. The fourth-order valence-corrected chi connectivity index (χ4v) is 1.84. The molecule has 4 nitrogen and oxygen atoms in total. The number of nitrogens with zero attached hydrogens (tertiary/aromatic N) is 1. The van der Waals surface area contributed by atoms with Crippen LogP contribution >= 0.6 is 11.6 Å². The Kier molecular flexibility index (Phi) is 2.86. The Labute approximate surface area is 98.5 Å². The summed E-state index contributed by atoms with van der Waals surface area (Å²) >= 11 is 5.73. The number of hydrogen-bond donors (Lipinski definition) is 1. The van der Waals surface area contributed by atoms with E-state index in [2.05, 4.69) is 0 Å². The Hall–Kier alpha value is -1.13. The number of rotatable bonds is 4. The van der Waals surface area contributed by atoms with Gasteiger partial charge in [0.15, 0.2) is 0 Å². The second-order valence-electron chi connectivity index (χ2n) is 4.41. The lowest BCUT2D eigenvalue weighted by atomic mass is 10.0. The average Bonchev–Trinajstić information content (AvgIpc) is 2.96. The minimum absolute atomic E-state index is 0.0194. The van der Waals surface area contributed by atoms with Crippen molar-refractivity contribution in [2.75, 3.05) is 0 Å². The van der Waals surface area contributed by atoms with Crippen molar-refractivity contribution in [2.24, 2.45) is 5.73 Å². The third-order valence-corrected chi connectivity index (χ3v) is 3.33. The molecular weight excluding hydrogens is 228 g/mol. The van der Waals surface area contributed by atoms with E-state index in [1.54, 1.807) is 6.07 Å². The van der Waals surface area contributed by atoms with Crippen molar-refractivity contribution < 1.29 is 4.92 Å². The zero-order valence-corrected chi connectivity index (χ0v) is 9.54. The van der Waals surface area contributed by atoms with Crippen molar-refractivity contribution in [1.82, 2.24) is 0 Å². The first-order valence-electron chi connectivity index (χ1n) is 5.22. The molecule has 0 radical (unpaired) electrons. The molecule has 5 heteroatoms. The van der Waals surface area contributed by atoms with Gasteiger partial charge in [0.25, 0.3) is 5.69 Å². The van der Waals surface area contributed by atoms with E-state index in [-0.39, 0.29) is 16.2 Å². The number of nitrogens with two attached hydrogens (primary N) is 1. The van der Waals surface area contributed by atoms with E-state index >= 15 is 0 Å². The lowest BCUT2D eigenvalue weighted by Crippen LogP contribution is -2.22. The topological polar surface area (TPSA) is 69.2 Å². The largest absolute Gasteiger partial charge is 0.325 e. The molecular formula is C11H13ClN2O2. The first-order chi connectivity index (χ1) is 7.50. The monoisotopic (exact) mass is 240 g/mol. The van der Waals surface area contributed by atoms with Gasteiger partial charge < -0.3 is 5.73 Å². The summed E-state index contributed by atoms with van der Waals surface area (Å²) in [5, 5.41) is 10.9. The summed E-state index contributed by atoms with van der Waals surface area (Å²) in [7, 11) is 0. The second kappa shape index (κ2) is 4.03. The van der Waals surface area contributed by atoms with Gasteiger partial charge in [-0.15, -0.1) is 0 Å². The van der Waals surface area contributed by atoms with E-state index in [4.69, 9.17) is 17.3 Å². The molecule has 2 rings (SSSR count). The van der Waals surface area contributed by atoms with E-state index in [1.165, 1.54) is 6.07 Å². The lowest BCUT2D eigenvalue weighted by molar-refractivity contribution is -0.384. The third kappa shape index (κ3) is 2.51. The molecule has 86 valence electrons. The smallest absolute Gasteiger partial charge is 0.288 e. The summed E-state index contributed by atoms with van der Waals surface area (Å²) in [5.41, 5.74) is 6.84. The Morgan fingerprint density at radius 3 is 2.75 bits per heavy atom. The number of aryl methyl sites for hydroxylation is 1.